The van der Waals surface area contributed by atoms with Crippen molar-refractivity contribution in [1.29, 1.82) is 0 Å². The van der Waals surface area contributed by atoms with Gasteiger partial charge < -0.3 is 24.4 Å². The highest BCUT2D eigenvalue weighted by molar-refractivity contribution is 6.32. The number of anilines is 2. The molecule has 0 aliphatic carbocycles. The van der Waals surface area contributed by atoms with Crippen LogP contribution < -0.4 is 19.7 Å². The van der Waals surface area contributed by atoms with Gasteiger partial charge in [-0.1, -0.05) is 23.7 Å². The molecule has 8 nitrogen and oxygen atoms in total. The lowest BCUT2D eigenvalue weighted by Gasteiger charge is -2.27. The van der Waals surface area contributed by atoms with Crippen molar-refractivity contribution < 1.29 is 28.6 Å². The third kappa shape index (κ3) is 5.28. The van der Waals surface area contributed by atoms with Gasteiger partial charge in [0.25, 0.3) is 5.91 Å². The zero-order valence-corrected chi connectivity index (χ0v) is 18.8. The molecule has 1 N–H and O–H groups in total. The Labute approximate surface area is 196 Å². The number of fused-ring (bicyclic) bond motifs is 2. The fraction of sp³-hybridized carbons (Fsp3) is 0.292. The van der Waals surface area contributed by atoms with E-state index in [1.54, 1.807) is 43.3 Å². The predicted molar refractivity (Wildman–Crippen MR) is 124 cm³/mol. The lowest BCUT2D eigenvalue weighted by Crippen LogP contribution is -2.41. The van der Waals surface area contributed by atoms with Crippen molar-refractivity contribution in [1.82, 2.24) is 0 Å². The van der Waals surface area contributed by atoms with Crippen molar-refractivity contribution in [2.24, 2.45) is 0 Å². The normalized spacial score (nSPS) is 17.6. The molecule has 0 saturated carbocycles. The molecule has 2 amide bonds. The predicted octanol–water partition coefficient (Wildman–Crippen LogP) is 3.82. The van der Waals surface area contributed by atoms with E-state index in [1.807, 2.05) is 0 Å². The van der Waals surface area contributed by atoms with Crippen LogP contribution in [0.15, 0.2) is 42.5 Å². The number of carbonyl (C=O) groups is 3. The summed E-state index contributed by atoms with van der Waals surface area (Å²) >= 11 is 6.27. The number of nitrogens with zero attached hydrogens (tertiary/aromatic N) is 1. The first-order valence-electron chi connectivity index (χ1n) is 10.6. The summed E-state index contributed by atoms with van der Waals surface area (Å²) in [5, 5.41) is 3.17. The summed E-state index contributed by atoms with van der Waals surface area (Å²) in [6.45, 7) is 2.35. The van der Waals surface area contributed by atoms with Crippen LogP contribution in [-0.2, 0) is 19.1 Å². The third-order valence-corrected chi connectivity index (χ3v) is 5.48. The average Bonchev–Trinajstić information content (AvgIpc) is 3.09. The van der Waals surface area contributed by atoms with Gasteiger partial charge >= 0.3 is 5.97 Å². The third-order valence-electron chi connectivity index (χ3n) is 5.20. The number of carbonyl (C=O) groups excluding carboxylic acids is 3. The summed E-state index contributed by atoms with van der Waals surface area (Å²) in [5.74, 6) is -0.290. The van der Waals surface area contributed by atoms with Gasteiger partial charge in [0.2, 0.25) is 5.91 Å². The second-order valence-corrected chi connectivity index (χ2v) is 8.11. The van der Waals surface area contributed by atoms with Gasteiger partial charge in [-0.3, -0.25) is 9.59 Å². The van der Waals surface area contributed by atoms with Gasteiger partial charge in [0.15, 0.2) is 18.1 Å². The first kappa shape index (κ1) is 22.7. The molecular weight excluding hydrogens is 448 g/mol. The Hall–Kier alpha value is -3.52. The molecule has 2 aliphatic heterocycles. The van der Waals surface area contributed by atoms with E-state index in [0.717, 1.165) is 6.42 Å². The number of ether oxygens (including phenoxy) is 3. The van der Waals surface area contributed by atoms with Crippen LogP contribution in [0.5, 0.6) is 11.5 Å². The minimum Gasteiger partial charge on any atom is -0.489 e. The maximum Gasteiger partial charge on any atom is 0.331 e. The smallest absolute Gasteiger partial charge is 0.331 e. The van der Waals surface area contributed by atoms with E-state index in [-0.39, 0.29) is 18.4 Å². The van der Waals surface area contributed by atoms with Crippen molar-refractivity contribution in [3.63, 3.8) is 0 Å². The lowest BCUT2D eigenvalue weighted by atomic mass is 10.1. The van der Waals surface area contributed by atoms with Gasteiger partial charge in [0.05, 0.1) is 29.6 Å². The number of para-hydroxylation sites is 2. The molecule has 2 heterocycles. The fourth-order valence-electron chi connectivity index (χ4n) is 3.73. The van der Waals surface area contributed by atoms with Crippen LogP contribution in [0.3, 0.4) is 0 Å². The molecule has 9 heteroatoms. The van der Waals surface area contributed by atoms with Crippen LogP contribution >= 0.6 is 11.6 Å². The van der Waals surface area contributed by atoms with Crippen molar-refractivity contribution in [3.8, 4) is 11.5 Å². The summed E-state index contributed by atoms with van der Waals surface area (Å²) in [5.41, 5.74) is 1.74. The molecule has 1 atom stereocenters. The molecule has 0 fully saturated rings. The topological polar surface area (TPSA) is 94.2 Å². The van der Waals surface area contributed by atoms with Crippen LogP contribution in [-0.4, -0.2) is 43.6 Å². The fourth-order valence-corrected chi connectivity index (χ4v) is 4.00. The number of amides is 2. The maximum atomic E-state index is 12.9. The van der Waals surface area contributed by atoms with E-state index >= 15 is 0 Å². The molecule has 4 rings (SSSR count). The van der Waals surface area contributed by atoms with E-state index in [1.165, 1.54) is 17.1 Å². The highest BCUT2D eigenvalue weighted by Gasteiger charge is 2.29. The second-order valence-electron chi connectivity index (χ2n) is 7.70. The molecule has 0 spiro atoms. The number of halogens is 1. The van der Waals surface area contributed by atoms with Gasteiger partial charge in [-0.05, 0) is 42.8 Å². The summed E-state index contributed by atoms with van der Waals surface area (Å²) in [4.78, 5) is 38.7. The van der Waals surface area contributed by atoms with Crippen LogP contribution in [0, 0.1) is 0 Å². The largest absolute Gasteiger partial charge is 0.489 e. The number of esters is 1. The molecule has 172 valence electrons. The van der Waals surface area contributed by atoms with Crippen LogP contribution in [0.2, 0.25) is 5.02 Å². The van der Waals surface area contributed by atoms with Gasteiger partial charge in [-0.2, -0.15) is 0 Å². The molecule has 33 heavy (non-hydrogen) atoms. The summed E-state index contributed by atoms with van der Waals surface area (Å²) in [7, 11) is 0. The number of rotatable bonds is 4. The highest BCUT2D eigenvalue weighted by atomic mass is 35.5. The van der Waals surface area contributed by atoms with Gasteiger partial charge in [-0.15, -0.1) is 0 Å². The number of hydrogen-bond acceptors (Lipinski definition) is 6. The summed E-state index contributed by atoms with van der Waals surface area (Å²) in [6, 6.07) is 10.0. The maximum absolute atomic E-state index is 12.9. The Morgan fingerprint density at radius 2 is 2.03 bits per heavy atom. The number of hydrogen-bond donors (Lipinski definition) is 1. The minimum absolute atomic E-state index is 0.138. The summed E-state index contributed by atoms with van der Waals surface area (Å²) in [6.07, 6.45) is 3.63. The van der Waals surface area contributed by atoms with Gasteiger partial charge in [0.1, 0.15) is 0 Å². The molecule has 2 aromatic rings. The zero-order valence-electron chi connectivity index (χ0n) is 18.0. The van der Waals surface area contributed by atoms with Crippen molar-refractivity contribution in [2.45, 2.75) is 25.8 Å². The van der Waals surface area contributed by atoms with Gasteiger partial charge in [0, 0.05) is 25.0 Å². The molecule has 1 unspecified atom stereocenters. The monoisotopic (exact) mass is 470 g/mol. The van der Waals surface area contributed by atoms with Crippen molar-refractivity contribution in [3.05, 3.63) is 53.1 Å². The second kappa shape index (κ2) is 9.95. The Morgan fingerprint density at radius 3 is 2.88 bits per heavy atom. The molecule has 0 aromatic heterocycles. The molecular formula is C24H23ClN2O6. The molecule has 0 saturated heterocycles. The van der Waals surface area contributed by atoms with E-state index in [0.29, 0.717) is 46.7 Å². The quantitative estimate of drug-likeness (QED) is 0.539. The standard InChI is InChI=1S/C24H23ClN2O6/c1-15-11-21(28)26-18-5-2-3-6-19(18)27(15)22(29)14-33-23(30)8-7-16-12-17(25)24-20(13-16)31-9-4-10-32-24/h2-3,5-8,12-13,15H,4,9-11,14H2,1H3,(H,26,28)/b8-7+. The molecule has 2 aliphatic rings. The SMILES string of the molecule is CC1CC(=O)Nc2ccccc2N1C(=O)COC(=O)/C=C/c1cc(Cl)c2c(c1)OCCCO2. The Bertz CT molecular complexity index is 1120. The van der Waals surface area contributed by atoms with Crippen molar-refractivity contribution >= 4 is 46.8 Å². The first-order chi connectivity index (χ1) is 15.9. The lowest BCUT2D eigenvalue weighted by molar-refractivity contribution is -0.143. The Morgan fingerprint density at radius 1 is 1.24 bits per heavy atom. The van der Waals surface area contributed by atoms with Crippen LogP contribution in [0.1, 0.15) is 25.3 Å². The van der Waals surface area contributed by atoms with Crippen LogP contribution in [0.4, 0.5) is 11.4 Å². The number of benzene rings is 2. The van der Waals surface area contributed by atoms with E-state index in [2.05, 4.69) is 5.32 Å². The first-order valence-corrected chi connectivity index (χ1v) is 10.9. The Kier molecular flexibility index (Phi) is 6.84. The molecule has 0 bridgehead atoms. The zero-order chi connectivity index (χ0) is 23.4. The number of nitrogens with one attached hydrogen (secondary N) is 1. The summed E-state index contributed by atoms with van der Waals surface area (Å²) < 4.78 is 16.4. The van der Waals surface area contributed by atoms with Crippen molar-refractivity contribution in [2.75, 3.05) is 30.0 Å². The van der Waals surface area contributed by atoms with Crippen LogP contribution in [0.25, 0.3) is 6.08 Å². The van der Waals surface area contributed by atoms with E-state index in [9.17, 15) is 14.4 Å². The Balaban J connectivity index is 1.41. The molecule has 2 aromatic carbocycles. The molecule has 0 radical (unpaired) electrons. The highest BCUT2D eigenvalue weighted by Crippen LogP contribution is 2.38. The van der Waals surface area contributed by atoms with Gasteiger partial charge in [-0.25, -0.2) is 4.79 Å². The minimum atomic E-state index is -0.684. The van der Waals surface area contributed by atoms with E-state index < -0.39 is 18.5 Å². The average molecular weight is 471 g/mol. The van der Waals surface area contributed by atoms with E-state index in [4.69, 9.17) is 25.8 Å².